The number of rotatable bonds is 9. The predicted octanol–water partition coefficient (Wildman–Crippen LogP) is 5.73. The summed E-state index contributed by atoms with van der Waals surface area (Å²) in [5.41, 5.74) is 1.17. The summed E-state index contributed by atoms with van der Waals surface area (Å²) in [5, 5.41) is 5.00. The van der Waals surface area contributed by atoms with Crippen molar-refractivity contribution in [3.63, 3.8) is 0 Å². The van der Waals surface area contributed by atoms with Crippen LogP contribution in [0.25, 0.3) is 0 Å². The molecule has 0 saturated carbocycles. The maximum absolute atomic E-state index is 12.4. The first-order valence-corrected chi connectivity index (χ1v) is 10.3. The number of ether oxygens (including phenoxy) is 2. The molecule has 12 heteroatoms. The summed E-state index contributed by atoms with van der Waals surface area (Å²) in [6, 6.07) is 9.69. The van der Waals surface area contributed by atoms with E-state index in [1.54, 1.807) is 24.3 Å². The van der Waals surface area contributed by atoms with E-state index in [2.05, 4.69) is 10.5 Å². The van der Waals surface area contributed by atoms with E-state index < -0.39 is 23.7 Å². The molecule has 0 radical (unpaired) electrons. The zero-order valence-electron chi connectivity index (χ0n) is 17.3. The zero-order chi connectivity index (χ0) is 24.6. The van der Waals surface area contributed by atoms with Gasteiger partial charge in [-0.25, -0.2) is 0 Å². The zero-order valence-corrected chi connectivity index (χ0v) is 19.6. The molecule has 0 heterocycles. The number of hydrogen-bond donors (Lipinski definition) is 1. The Morgan fingerprint density at radius 3 is 2.36 bits per heavy atom. The fraction of sp³-hybridized carbons (Fsp3) is 0.238. The highest BCUT2D eigenvalue weighted by Crippen LogP contribution is 2.37. The lowest BCUT2D eigenvalue weighted by atomic mass is 10.0. The van der Waals surface area contributed by atoms with E-state index in [1.807, 2.05) is 0 Å². The first-order chi connectivity index (χ1) is 15.6. The molecule has 0 fully saturated rings. The van der Waals surface area contributed by atoms with Crippen molar-refractivity contribution in [1.82, 2.24) is 5.32 Å². The maximum atomic E-state index is 12.4. The molecule has 2 aromatic carbocycles. The molecule has 6 nitrogen and oxygen atoms in total. The predicted molar refractivity (Wildman–Crippen MR) is 120 cm³/mol. The molecule has 0 spiro atoms. The van der Waals surface area contributed by atoms with Crippen LogP contribution in [-0.4, -0.2) is 38.6 Å². The molecule has 0 bridgehead atoms. The van der Waals surface area contributed by atoms with Crippen LogP contribution in [0, 0.1) is 0 Å². The Bertz CT molecular complexity index is 1040. The van der Waals surface area contributed by atoms with Crippen molar-refractivity contribution in [2.45, 2.75) is 12.8 Å². The number of nitrogens with zero attached hydrogens (tertiary/aromatic N) is 1. The van der Waals surface area contributed by atoms with Crippen LogP contribution >= 0.6 is 34.8 Å². The van der Waals surface area contributed by atoms with Gasteiger partial charge in [-0.2, -0.15) is 13.2 Å². The molecule has 1 amide bonds. The standard InChI is InChI=1S/C21H18Cl3F3N2O4/c1-28-20(30)18(29-31-2)14-6-4-3-5-12(14)11-33-13-9-15(22)19(16(23)10-13)32-8-7-17(24)21(25,26)27/h3-7,9-10H,8,11H2,1-2H3,(H,28,30)/b17-7-,29-18+. The van der Waals surface area contributed by atoms with Crippen LogP contribution in [0.15, 0.2) is 52.7 Å². The van der Waals surface area contributed by atoms with Gasteiger partial charge in [-0.05, 0) is 11.6 Å². The summed E-state index contributed by atoms with van der Waals surface area (Å²) in [6.45, 7) is -0.473. The molecule has 1 N–H and O–H groups in total. The molecule has 0 unspecified atom stereocenters. The van der Waals surface area contributed by atoms with Gasteiger partial charge in [-0.1, -0.05) is 64.2 Å². The highest BCUT2D eigenvalue weighted by molar-refractivity contribution is 6.45. The normalized spacial score (nSPS) is 12.4. The molecule has 2 aromatic rings. The van der Waals surface area contributed by atoms with Crippen LogP contribution in [0.5, 0.6) is 11.5 Å². The second-order valence-electron chi connectivity index (χ2n) is 6.22. The van der Waals surface area contributed by atoms with E-state index in [-0.39, 0.29) is 33.9 Å². The Morgan fingerprint density at radius 1 is 1.15 bits per heavy atom. The monoisotopic (exact) mass is 524 g/mol. The van der Waals surface area contributed by atoms with Crippen molar-refractivity contribution in [1.29, 1.82) is 0 Å². The summed E-state index contributed by atoms with van der Waals surface area (Å²) < 4.78 is 48.3. The van der Waals surface area contributed by atoms with Gasteiger partial charge in [0.05, 0.1) is 10.0 Å². The Labute approximate surface area is 202 Å². The minimum Gasteiger partial charge on any atom is -0.489 e. The van der Waals surface area contributed by atoms with E-state index in [0.29, 0.717) is 17.2 Å². The summed E-state index contributed by atoms with van der Waals surface area (Å²) in [6.07, 6.45) is -4.01. The topological polar surface area (TPSA) is 69.2 Å². The molecular weight excluding hydrogens is 508 g/mol. The van der Waals surface area contributed by atoms with Crippen molar-refractivity contribution in [3.05, 3.63) is 68.7 Å². The van der Waals surface area contributed by atoms with Gasteiger partial charge < -0.3 is 19.6 Å². The number of nitrogens with one attached hydrogen (secondary N) is 1. The lowest BCUT2D eigenvalue weighted by Crippen LogP contribution is -2.29. The third-order valence-electron chi connectivity index (χ3n) is 4.02. The average Bonchev–Trinajstić information content (AvgIpc) is 2.76. The highest BCUT2D eigenvalue weighted by Gasteiger charge is 2.32. The lowest BCUT2D eigenvalue weighted by Gasteiger charge is -2.14. The number of amides is 1. The number of halogens is 6. The summed E-state index contributed by atoms with van der Waals surface area (Å²) in [7, 11) is 2.79. The molecule has 2 rings (SSSR count). The van der Waals surface area contributed by atoms with Crippen LogP contribution in [0.2, 0.25) is 10.0 Å². The largest absolute Gasteiger partial charge is 0.489 e. The molecule has 0 aliphatic rings. The van der Waals surface area contributed by atoms with Gasteiger partial charge in [0, 0.05) is 24.7 Å². The van der Waals surface area contributed by atoms with Gasteiger partial charge >= 0.3 is 6.18 Å². The van der Waals surface area contributed by atoms with Crippen molar-refractivity contribution < 1.29 is 32.3 Å². The van der Waals surface area contributed by atoms with Crippen LogP contribution in [0.4, 0.5) is 13.2 Å². The summed E-state index contributed by atoms with van der Waals surface area (Å²) >= 11 is 17.4. The van der Waals surface area contributed by atoms with Gasteiger partial charge in [-0.15, -0.1) is 0 Å². The van der Waals surface area contributed by atoms with E-state index in [1.165, 1.54) is 26.3 Å². The fourth-order valence-electron chi connectivity index (χ4n) is 2.53. The van der Waals surface area contributed by atoms with Crippen LogP contribution in [-0.2, 0) is 16.2 Å². The van der Waals surface area contributed by atoms with Gasteiger partial charge in [0.1, 0.15) is 31.1 Å². The van der Waals surface area contributed by atoms with Crippen molar-refractivity contribution in [2.75, 3.05) is 20.8 Å². The second-order valence-corrected chi connectivity index (χ2v) is 7.45. The van der Waals surface area contributed by atoms with Gasteiger partial charge in [0.2, 0.25) is 0 Å². The molecule has 0 atom stereocenters. The number of likely N-dealkylation sites (N-methyl/N-ethyl adjacent to an activating group) is 1. The second kappa shape index (κ2) is 12.0. The van der Waals surface area contributed by atoms with Gasteiger partial charge in [0.25, 0.3) is 5.91 Å². The highest BCUT2D eigenvalue weighted by atomic mass is 35.5. The number of carbonyl (C=O) groups excluding carboxylic acids is 1. The van der Waals surface area contributed by atoms with E-state index in [0.717, 1.165) is 0 Å². The summed E-state index contributed by atoms with van der Waals surface area (Å²) in [4.78, 5) is 16.9. The molecule has 178 valence electrons. The molecule has 0 aromatic heterocycles. The third-order valence-corrected chi connectivity index (χ3v) is 4.95. The lowest BCUT2D eigenvalue weighted by molar-refractivity contribution is -0.114. The number of oxime groups is 1. The minimum absolute atomic E-state index is 0.0205. The molecule has 0 aliphatic heterocycles. The number of allylic oxidation sites excluding steroid dienone is 1. The number of carbonyl (C=O) groups is 1. The first kappa shape index (κ1) is 26.6. The van der Waals surface area contributed by atoms with Crippen LogP contribution in [0.1, 0.15) is 11.1 Å². The molecular formula is C21H18Cl3F3N2O4. The van der Waals surface area contributed by atoms with Crippen molar-refractivity contribution in [2.24, 2.45) is 5.16 Å². The molecule has 0 aliphatic carbocycles. The smallest absolute Gasteiger partial charge is 0.426 e. The molecule has 33 heavy (non-hydrogen) atoms. The van der Waals surface area contributed by atoms with Crippen LogP contribution < -0.4 is 14.8 Å². The van der Waals surface area contributed by atoms with E-state index in [9.17, 15) is 18.0 Å². The Balaban J connectivity index is 2.18. The van der Waals surface area contributed by atoms with Gasteiger partial charge in [-0.3, -0.25) is 4.79 Å². The number of hydrogen-bond acceptors (Lipinski definition) is 5. The van der Waals surface area contributed by atoms with Gasteiger partial charge in [0.15, 0.2) is 11.5 Å². The quantitative estimate of drug-likeness (QED) is 0.335. The Hall–Kier alpha value is -2.62. The SMILES string of the molecule is CNC(=O)/C(=N/OC)c1ccccc1COc1cc(Cl)c(OC/C=C(\Cl)C(F)(F)F)c(Cl)c1. The van der Waals surface area contributed by atoms with E-state index >= 15 is 0 Å². The summed E-state index contributed by atoms with van der Waals surface area (Å²) in [5.74, 6) is -0.208. The van der Waals surface area contributed by atoms with Crippen molar-refractivity contribution in [3.8, 4) is 11.5 Å². The average molecular weight is 526 g/mol. The number of alkyl halides is 3. The minimum atomic E-state index is -4.67. The van der Waals surface area contributed by atoms with E-state index in [4.69, 9.17) is 49.1 Å². The molecule has 0 saturated heterocycles. The Kier molecular flexibility index (Phi) is 9.70. The fourth-order valence-corrected chi connectivity index (χ4v) is 3.17. The third kappa shape index (κ3) is 7.45. The van der Waals surface area contributed by atoms with Crippen LogP contribution in [0.3, 0.4) is 0 Å². The maximum Gasteiger partial charge on any atom is 0.426 e. The first-order valence-electron chi connectivity index (χ1n) is 9.17. The number of benzene rings is 2. The van der Waals surface area contributed by atoms with Crippen molar-refractivity contribution >= 4 is 46.4 Å². The Morgan fingerprint density at radius 2 is 1.79 bits per heavy atom.